The molecule has 0 aromatic carbocycles. The molecular formula is C11H21N3O. The summed E-state index contributed by atoms with van der Waals surface area (Å²) in [6.45, 7) is 5.98. The highest BCUT2D eigenvalue weighted by molar-refractivity contribution is 4.87. The van der Waals surface area contributed by atoms with E-state index in [4.69, 9.17) is 10.00 Å². The van der Waals surface area contributed by atoms with Gasteiger partial charge in [-0.05, 0) is 19.9 Å². The summed E-state index contributed by atoms with van der Waals surface area (Å²) in [6, 6.07) is 3.06. The first kappa shape index (κ1) is 12.4. The Balaban J connectivity index is 2.42. The van der Waals surface area contributed by atoms with E-state index < -0.39 is 0 Å². The Morgan fingerprint density at radius 1 is 1.60 bits per heavy atom. The second-order valence-corrected chi connectivity index (χ2v) is 4.21. The highest BCUT2D eigenvalue weighted by Crippen LogP contribution is 2.07. The fourth-order valence-corrected chi connectivity index (χ4v) is 1.97. The number of hydrogen-bond donors (Lipinski definition) is 1. The number of nitriles is 1. The molecule has 4 heteroatoms. The summed E-state index contributed by atoms with van der Waals surface area (Å²) in [5.74, 6) is 0. The Labute approximate surface area is 92.2 Å². The van der Waals surface area contributed by atoms with Gasteiger partial charge >= 0.3 is 0 Å². The standard InChI is InChI=1S/C11H21N3O/c1-10-4-6-14(7-8-15-2)9-11(13-10)3-5-12/h10-11,13H,3-4,6-9H2,1-2H3. The van der Waals surface area contributed by atoms with Crippen molar-refractivity contribution in [3.05, 3.63) is 0 Å². The molecule has 15 heavy (non-hydrogen) atoms. The predicted molar refractivity (Wildman–Crippen MR) is 59.5 cm³/mol. The van der Waals surface area contributed by atoms with Crippen LogP contribution >= 0.6 is 0 Å². The molecule has 1 fully saturated rings. The topological polar surface area (TPSA) is 48.3 Å². The fraction of sp³-hybridized carbons (Fsp3) is 0.909. The van der Waals surface area contributed by atoms with Crippen LogP contribution < -0.4 is 5.32 Å². The zero-order chi connectivity index (χ0) is 11.1. The van der Waals surface area contributed by atoms with Gasteiger partial charge in [0.25, 0.3) is 0 Å². The molecule has 0 radical (unpaired) electrons. The summed E-state index contributed by atoms with van der Waals surface area (Å²) in [5, 5.41) is 12.2. The minimum absolute atomic E-state index is 0.310. The van der Waals surface area contributed by atoms with Gasteiger partial charge in [-0.2, -0.15) is 5.26 Å². The van der Waals surface area contributed by atoms with E-state index in [1.165, 1.54) is 0 Å². The van der Waals surface area contributed by atoms with E-state index in [9.17, 15) is 0 Å². The maximum atomic E-state index is 8.73. The van der Waals surface area contributed by atoms with Crippen molar-refractivity contribution in [3.63, 3.8) is 0 Å². The molecule has 0 aliphatic carbocycles. The second-order valence-electron chi connectivity index (χ2n) is 4.21. The third kappa shape index (κ3) is 4.61. The summed E-state index contributed by atoms with van der Waals surface area (Å²) < 4.78 is 5.08. The van der Waals surface area contributed by atoms with Crippen molar-refractivity contribution < 1.29 is 4.74 Å². The third-order valence-corrected chi connectivity index (χ3v) is 2.83. The number of nitrogens with one attached hydrogen (secondary N) is 1. The van der Waals surface area contributed by atoms with Crippen molar-refractivity contribution in [1.82, 2.24) is 10.2 Å². The molecule has 1 aliphatic rings. The van der Waals surface area contributed by atoms with Gasteiger partial charge in [0, 0.05) is 32.3 Å². The first-order valence-corrected chi connectivity index (χ1v) is 5.60. The molecule has 1 heterocycles. The normalized spacial score (nSPS) is 28.3. The largest absolute Gasteiger partial charge is 0.383 e. The van der Waals surface area contributed by atoms with E-state index in [0.29, 0.717) is 18.5 Å². The van der Waals surface area contributed by atoms with Crippen LogP contribution in [0.4, 0.5) is 0 Å². The summed E-state index contributed by atoms with van der Waals surface area (Å²) in [5.41, 5.74) is 0. The van der Waals surface area contributed by atoms with E-state index in [0.717, 1.165) is 32.7 Å². The van der Waals surface area contributed by atoms with E-state index in [-0.39, 0.29) is 0 Å². The molecule has 0 spiro atoms. The summed E-state index contributed by atoms with van der Waals surface area (Å²) in [4.78, 5) is 2.38. The molecule has 1 aliphatic heterocycles. The van der Waals surface area contributed by atoms with Crippen molar-refractivity contribution in [2.45, 2.75) is 31.8 Å². The summed E-state index contributed by atoms with van der Waals surface area (Å²) in [6.07, 6.45) is 1.74. The second kappa shape index (κ2) is 6.78. The predicted octanol–water partition coefficient (Wildman–Crippen LogP) is 0.599. The number of methoxy groups -OCH3 is 1. The first-order chi connectivity index (χ1) is 7.26. The molecule has 4 nitrogen and oxygen atoms in total. The molecule has 0 amide bonds. The van der Waals surface area contributed by atoms with Crippen LogP contribution in [0.5, 0.6) is 0 Å². The van der Waals surface area contributed by atoms with Crippen LogP contribution in [0.15, 0.2) is 0 Å². The maximum Gasteiger partial charge on any atom is 0.0638 e. The molecular weight excluding hydrogens is 190 g/mol. The van der Waals surface area contributed by atoms with Crippen molar-refractivity contribution >= 4 is 0 Å². The summed E-state index contributed by atoms with van der Waals surface area (Å²) >= 11 is 0. The smallest absolute Gasteiger partial charge is 0.0638 e. The van der Waals surface area contributed by atoms with Gasteiger partial charge in [0.1, 0.15) is 0 Å². The number of hydrogen-bond acceptors (Lipinski definition) is 4. The van der Waals surface area contributed by atoms with Crippen LogP contribution in [-0.4, -0.2) is 50.3 Å². The first-order valence-electron chi connectivity index (χ1n) is 5.60. The highest BCUT2D eigenvalue weighted by atomic mass is 16.5. The quantitative estimate of drug-likeness (QED) is 0.739. The molecule has 0 aromatic rings. The molecule has 0 aromatic heterocycles. The maximum absolute atomic E-state index is 8.73. The van der Waals surface area contributed by atoms with Gasteiger partial charge in [-0.15, -0.1) is 0 Å². The van der Waals surface area contributed by atoms with Crippen LogP contribution in [0, 0.1) is 11.3 Å². The van der Waals surface area contributed by atoms with Crippen LogP contribution in [0.25, 0.3) is 0 Å². The minimum Gasteiger partial charge on any atom is -0.383 e. The Morgan fingerprint density at radius 2 is 2.40 bits per heavy atom. The van der Waals surface area contributed by atoms with Gasteiger partial charge < -0.3 is 10.1 Å². The van der Waals surface area contributed by atoms with Gasteiger partial charge in [0.2, 0.25) is 0 Å². The van der Waals surface area contributed by atoms with E-state index in [1.54, 1.807) is 7.11 Å². The number of rotatable bonds is 4. The lowest BCUT2D eigenvalue weighted by molar-refractivity contribution is 0.146. The molecule has 1 saturated heterocycles. The zero-order valence-corrected chi connectivity index (χ0v) is 9.70. The molecule has 1 rings (SSSR count). The van der Waals surface area contributed by atoms with Gasteiger partial charge in [0.15, 0.2) is 0 Å². The van der Waals surface area contributed by atoms with Crippen LogP contribution in [-0.2, 0) is 4.74 Å². The SMILES string of the molecule is COCCN1CCC(C)NC(CC#N)C1. The Morgan fingerprint density at radius 3 is 3.07 bits per heavy atom. The van der Waals surface area contributed by atoms with Crippen LogP contribution in [0.1, 0.15) is 19.8 Å². The lowest BCUT2D eigenvalue weighted by Crippen LogP contribution is -2.40. The molecule has 2 atom stereocenters. The average molecular weight is 211 g/mol. The highest BCUT2D eigenvalue weighted by Gasteiger charge is 2.20. The molecule has 0 saturated carbocycles. The monoisotopic (exact) mass is 211 g/mol. The Hall–Kier alpha value is -0.630. The van der Waals surface area contributed by atoms with Gasteiger partial charge in [-0.1, -0.05) is 0 Å². The minimum atomic E-state index is 0.310. The molecule has 86 valence electrons. The van der Waals surface area contributed by atoms with Crippen LogP contribution in [0.2, 0.25) is 0 Å². The van der Waals surface area contributed by atoms with Crippen molar-refractivity contribution in [2.24, 2.45) is 0 Å². The van der Waals surface area contributed by atoms with Crippen molar-refractivity contribution in [3.8, 4) is 6.07 Å². The lowest BCUT2D eigenvalue weighted by Gasteiger charge is -2.22. The molecule has 2 unspecified atom stereocenters. The average Bonchev–Trinajstić information content (AvgIpc) is 2.38. The van der Waals surface area contributed by atoms with Gasteiger partial charge in [-0.3, -0.25) is 4.90 Å². The van der Waals surface area contributed by atoms with Crippen LogP contribution in [0.3, 0.4) is 0 Å². The van der Waals surface area contributed by atoms with Gasteiger partial charge in [0.05, 0.1) is 19.1 Å². The number of nitrogens with zero attached hydrogens (tertiary/aromatic N) is 2. The van der Waals surface area contributed by atoms with E-state index >= 15 is 0 Å². The summed E-state index contributed by atoms with van der Waals surface area (Å²) in [7, 11) is 1.73. The van der Waals surface area contributed by atoms with Gasteiger partial charge in [-0.25, -0.2) is 0 Å². The zero-order valence-electron chi connectivity index (χ0n) is 9.70. The molecule has 1 N–H and O–H groups in total. The lowest BCUT2D eigenvalue weighted by atomic mass is 10.2. The van der Waals surface area contributed by atoms with E-state index in [1.807, 2.05) is 0 Å². The van der Waals surface area contributed by atoms with E-state index in [2.05, 4.69) is 23.2 Å². The Bertz CT molecular complexity index is 214. The Kier molecular flexibility index (Phi) is 5.62. The third-order valence-electron chi connectivity index (χ3n) is 2.83. The molecule has 0 bridgehead atoms. The fourth-order valence-electron chi connectivity index (χ4n) is 1.97. The van der Waals surface area contributed by atoms with Crippen molar-refractivity contribution in [1.29, 1.82) is 5.26 Å². The number of ether oxygens (including phenoxy) is 1. The van der Waals surface area contributed by atoms with Crippen molar-refractivity contribution in [2.75, 3.05) is 33.4 Å².